The van der Waals surface area contributed by atoms with E-state index in [-0.39, 0.29) is 4.08 Å². The van der Waals surface area contributed by atoms with E-state index in [1.165, 1.54) is 0 Å². The maximum Gasteiger partial charge on any atom is 0.464 e. The fourth-order valence-electron chi connectivity index (χ4n) is 0.606. The number of ether oxygens (including phenoxy) is 1. The van der Waals surface area contributed by atoms with Gasteiger partial charge in [-0.15, -0.1) is 0 Å². The molecule has 0 spiro atoms. The fourth-order valence-corrected chi connectivity index (χ4v) is 1.38. The van der Waals surface area contributed by atoms with Gasteiger partial charge in [0.2, 0.25) is 0 Å². The van der Waals surface area contributed by atoms with E-state index >= 15 is 0 Å². The van der Waals surface area contributed by atoms with Crippen molar-refractivity contribution in [2.45, 2.75) is 23.4 Å². The van der Waals surface area contributed by atoms with Gasteiger partial charge in [0.25, 0.3) is 0 Å². The van der Waals surface area contributed by atoms with Gasteiger partial charge in [0.15, 0.2) is 0 Å². The van der Waals surface area contributed by atoms with Gasteiger partial charge in [0.1, 0.15) is 0 Å². The van der Waals surface area contributed by atoms with Crippen molar-refractivity contribution in [3.8, 4) is 0 Å². The molecule has 0 saturated heterocycles. The summed E-state index contributed by atoms with van der Waals surface area (Å²) in [6.07, 6.45) is -13.6. The molecule has 0 amide bonds. The summed E-state index contributed by atoms with van der Waals surface area (Å²) in [5.41, 5.74) is 0. The van der Waals surface area contributed by atoms with Gasteiger partial charge in [-0.2, -0.15) is 43.5 Å². The van der Waals surface area contributed by atoms with Gasteiger partial charge in [-0.3, -0.25) is 0 Å². The number of rotatable bonds is 6. The highest BCUT2D eigenvalue weighted by atomic mass is 127. The van der Waals surface area contributed by atoms with Gasteiger partial charge in [0, 0.05) is 0 Å². The highest BCUT2D eigenvalue weighted by Gasteiger charge is 2.74. The van der Waals surface area contributed by atoms with E-state index in [1.54, 1.807) is 0 Å². The van der Waals surface area contributed by atoms with Crippen LogP contribution in [0.4, 0.5) is 39.0 Å². The third kappa shape index (κ3) is 3.69. The van der Waals surface area contributed by atoms with Crippen LogP contribution in [0.2, 0.25) is 0 Å². The van der Waals surface area contributed by atoms with Crippen LogP contribution in [0.25, 0.3) is 0 Å². The van der Waals surface area contributed by atoms with Crippen LogP contribution < -0.4 is 0 Å². The molecule has 0 rings (SSSR count). The lowest BCUT2D eigenvalue weighted by atomic mass is 10.3. The average Bonchev–Trinajstić information content (AvgIpc) is 2.13. The van der Waals surface area contributed by atoms with Crippen LogP contribution in [0.15, 0.2) is 10.2 Å². The van der Waals surface area contributed by atoms with Crippen molar-refractivity contribution >= 4 is 32.8 Å². The van der Waals surface area contributed by atoms with E-state index in [0.717, 1.165) is 22.6 Å². The largest absolute Gasteiger partial charge is 0.464 e. The van der Waals surface area contributed by atoms with Crippen LogP contribution in [0, 0.1) is 0 Å². The summed E-state index contributed by atoms with van der Waals surface area (Å²) in [6.45, 7) is 0. The molecule has 0 aliphatic carbocycles. The Bertz CT molecular complexity index is 486. The van der Waals surface area contributed by atoms with Crippen molar-refractivity contribution in [1.82, 2.24) is 0 Å². The topological polar surface area (TPSA) is 43.4 Å². The Kier molecular flexibility index (Phi) is 5.44. The van der Waals surface area contributed by atoms with Crippen LogP contribution in [0.5, 0.6) is 0 Å². The zero-order valence-electron chi connectivity index (χ0n) is 8.57. The molecule has 0 aromatic carbocycles. The van der Waals surface area contributed by atoms with E-state index in [4.69, 9.17) is 0 Å². The molecule has 20 heavy (non-hydrogen) atoms. The van der Waals surface area contributed by atoms with Crippen LogP contribution in [-0.4, -0.2) is 31.8 Å². The Morgan fingerprint density at radius 1 is 0.900 bits per heavy atom. The zero-order chi connectivity index (χ0) is 16.6. The Balaban J connectivity index is 5.61. The summed E-state index contributed by atoms with van der Waals surface area (Å²) in [4.78, 5) is 0. The molecule has 0 atom stereocenters. The molecule has 0 N–H and O–H groups in total. The van der Waals surface area contributed by atoms with Crippen molar-refractivity contribution < 1.29 is 52.2 Å². The van der Waals surface area contributed by atoms with E-state index in [9.17, 15) is 47.4 Å². The molecule has 14 heteroatoms. The minimum absolute atomic E-state index is 0.233. The van der Waals surface area contributed by atoms with Crippen LogP contribution in [0.3, 0.4) is 0 Å². The first-order chi connectivity index (χ1) is 8.52. The van der Waals surface area contributed by atoms with Crippen LogP contribution in [-0.2, 0) is 15.0 Å². The van der Waals surface area contributed by atoms with Crippen molar-refractivity contribution in [3.63, 3.8) is 0 Å². The van der Waals surface area contributed by atoms with Gasteiger partial charge in [-0.25, -0.2) is 4.74 Å². The standard InChI is InChI=1S/C6H2F9IO3S/c7-3(8,1-2-16)4(9,10)19-5(11,12)6(13,14)20(15,17)18/h1-2H/b2-1+. The highest BCUT2D eigenvalue weighted by molar-refractivity contribution is 14.1. The van der Waals surface area contributed by atoms with Gasteiger partial charge in [-0.05, 0) is 10.2 Å². The minimum Gasteiger partial charge on any atom is -0.244 e. The number of halogens is 10. The molecular formula is C6H2F9IO3S. The predicted molar refractivity (Wildman–Crippen MR) is 54.1 cm³/mol. The quantitative estimate of drug-likeness (QED) is 0.351. The molecule has 3 nitrogen and oxygen atoms in total. The minimum atomic E-state index is -7.40. The Morgan fingerprint density at radius 2 is 1.30 bits per heavy atom. The first-order valence-electron chi connectivity index (χ1n) is 3.95. The summed E-state index contributed by atoms with van der Waals surface area (Å²) in [6, 6.07) is 0. The molecule has 0 heterocycles. The first-order valence-corrected chi connectivity index (χ1v) is 6.58. The Morgan fingerprint density at radius 3 is 1.60 bits per heavy atom. The maximum atomic E-state index is 12.6. The zero-order valence-corrected chi connectivity index (χ0v) is 11.5. The molecule has 0 aliphatic rings. The maximum absolute atomic E-state index is 12.6. The smallest absolute Gasteiger partial charge is 0.244 e. The lowest BCUT2D eigenvalue weighted by molar-refractivity contribution is -0.448. The number of hydrogen-bond donors (Lipinski definition) is 0. The lowest BCUT2D eigenvalue weighted by Crippen LogP contribution is -2.54. The Labute approximate surface area is 119 Å². The molecule has 0 fully saturated rings. The first kappa shape index (κ1) is 19.8. The molecule has 120 valence electrons. The van der Waals surface area contributed by atoms with Crippen molar-refractivity contribution in [2.24, 2.45) is 0 Å². The third-order valence-corrected chi connectivity index (χ3v) is 2.77. The van der Waals surface area contributed by atoms with E-state index in [0.29, 0.717) is 0 Å². The molecule has 0 unspecified atom stereocenters. The third-order valence-electron chi connectivity index (χ3n) is 1.56. The summed E-state index contributed by atoms with van der Waals surface area (Å²) >= 11 is 0.978. The fraction of sp³-hybridized carbons (Fsp3) is 0.667. The van der Waals surface area contributed by atoms with Crippen molar-refractivity contribution in [3.05, 3.63) is 10.2 Å². The van der Waals surface area contributed by atoms with Crippen molar-refractivity contribution in [1.29, 1.82) is 0 Å². The number of alkyl halides is 8. The average molecular weight is 452 g/mol. The van der Waals surface area contributed by atoms with Gasteiger partial charge < -0.3 is 0 Å². The Hall–Kier alpha value is -0.250. The molecular weight excluding hydrogens is 450 g/mol. The second kappa shape index (κ2) is 5.51. The predicted octanol–water partition coefficient (Wildman–Crippen LogP) is 3.66. The SMILES string of the molecule is O=S(=O)(F)C(F)(F)C(F)(F)OC(F)(F)C(F)(F)/C=C/I. The van der Waals surface area contributed by atoms with Gasteiger partial charge >= 0.3 is 33.6 Å². The molecule has 0 aromatic rings. The van der Waals surface area contributed by atoms with Gasteiger partial charge in [0.05, 0.1) is 0 Å². The van der Waals surface area contributed by atoms with Gasteiger partial charge in [-0.1, -0.05) is 26.5 Å². The van der Waals surface area contributed by atoms with Crippen molar-refractivity contribution in [2.75, 3.05) is 0 Å². The molecule has 0 radical (unpaired) electrons. The van der Waals surface area contributed by atoms with Crippen LogP contribution in [0.1, 0.15) is 0 Å². The summed E-state index contributed by atoms with van der Waals surface area (Å²) in [7, 11) is -7.40. The van der Waals surface area contributed by atoms with Crippen LogP contribution >= 0.6 is 22.6 Å². The number of hydrogen-bond acceptors (Lipinski definition) is 3. The molecule has 0 aliphatic heterocycles. The van der Waals surface area contributed by atoms with E-state index < -0.39 is 39.7 Å². The lowest BCUT2D eigenvalue weighted by Gasteiger charge is -2.29. The monoisotopic (exact) mass is 452 g/mol. The summed E-state index contributed by atoms with van der Waals surface area (Å²) < 4.78 is 134. The molecule has 0 aromatic heterocycles. The molecule has 0 bridgehead atoms. The van der Waals surface area contributed by atoms with E-state index in [1.807, 2.05) is 4.74 Å². The van der Waals surface area contributed by atoms with E-state index in [2.05, 4.69) is 0 Å². The highest BCUT2D eigenvalue weighted by Crippen LogP contribution is 2.47. The molecule has 0 saturated carbocycles. The second-order valence-corrected chi connectivity index (χ2v) is 5.11. The summed E-state index contributed by atoms with van der Waals surface area (Å²) in [5.74, 6) is -5.48. The second-order valence-electron chi connectivity index (χ2n) is 3.01. The summed E-state index contributed by atoms with van der Waals surface area (Å²) in [5, 5.41) is -6.78. The normalized spacial score (nSPS) is 15.9.